The Morgan fingerprint density at radius 2 is 1.84 bits per heavy atom. The average Bonchev–Trinajstić information content (AvgIpc) is 2.82. The van der Waals surface area contributed by atoms with E-state index in [-0.39, 0.29) is 11.7 Å². The van der Waals surface area contributed by atoms with Crippen LogP contribution in [0.2, 0.25) is 5.02 Å². The number of rotatable bonds is 3. The normalized spacial score (nSPS) is 25.6. The van der Waals surface area contributed by atoms with E-state index in [1.807, 2.05) is 24.3 Å². The van der Waals surface area contributed by atoms with Gasteiger partial charge in [-0.1, -0.05) is 30.9 Å². The quantitative estimate of drug-likeness (QED) is 0.805. The largest absolute Gasteiger partial charge is 0.491 e. The van der Waals surface area contributed by atoms with Gasteiger partial charge in [-0.15, -0.1) is 0 Å². The summed E-state index contributed by atoms with van der Waals surface area (Å²) < 4.78 is 12.1. The SMILES string of the molecule is Clc1ccc(OCC2CCC3(CCCCC3)O2)cc1. The lowest BCUT2D eigenvalue weighted by atomic mass is 9.83. The summed E-state index contributed by atoms with van der Waals surface area (Å²) in [4.78, 5) is 0. The highest BCUT2D eigenvalue weighted by atomic mass is 35.5. The van der Waals surface area contributed by atoms with Crippen LogP contribution in [0.5, 0.6) is 5.75 Å². The minimum absolute atomic E-state index is 0.187. The van der Waals surface area contributed by atoms with E-state index >= 15 is 0 Å². The van der Waals surface area contributed by atoms with Gasteiger partial charge in [-0.2, -0.15) is 0 Å². The van der Waals surface area contributed by atoms with Crippen molar-refractivity contribution < 1.29 is 9.47 Å². The molecular formula is C16H21ClO2. The molecule has 0 aromatic heterocycles. The monoisotopic (exact) mass is 280 g/mol. The van der Waals surface area contributed by atoms with E-state index in [9.17, 15) is 0 Å². The Morgan fingerprint density at radius 1 is 1.11 bits per heavy atom. The maximum Gasteiger partial charge on any atom is 0.119 e. The highest BCUT2D eigenvalue weighted by Crippen LogP contribution is 2.41. The Morgan fingerprint density at radius 3 is 2.58 bits per heavy atom. The van der Waals surface area contributed by atoms with Gasteiger partial charge in [-0.05, 0) is 49.9 Å². The smallest absolute Gasteiger partial charge is 0.119 e. The van der Waals surface area contributed by atoms with E-state index in [1.54, 1.807) is 0 Å². The molecule has 0 N–H and O–H groups in total. The first-order valence-corrected chi connectivity index (χ1v) is 7.70. The number of halogens is 1. The third-order valence-electron chi connectivity index (χ3n) is 4.35. The van der Waals surface area contributed by atoms with E-state index in [2.05, 4.69) is 0 Å². The van der Waals surface area contributed by atoms with Crippen molar-refractivity contribution in [2.45, 2.75) is 56.7 Å². The zero-order chi connectivity index (χ0) is 13.1. The van der Waals surface area contributed by atoms with Gasteiger partial charge in [0.2, 0.25) is 0 Å². The molecular weight excluding hydrogens is 260 g/mol. The Labute approximate surface area is 120 Å². The molecule has 1 aliphatic carbocycles. The Hall–Kier alpha value is -0.730. The number of hydrogen-bond acceptors (Lipinski definition) is 2. The van der Waals surface area contributed by atoms with Crippen molar-refractivity contribution >= 4 is 11.6 Å². The van der Waals surface area contributed by atoms with Crippen LogP contribution in [0, 0.1) is 0 Å². The molecule has 1 spiro atoms. The number of ether oxygens (including phenoxy) is 2. The summed E-state index contributed by atoms with van der Waals surface area (Å²) in [7, 11) is 0. The minimum atomic E-state index is 0.187. The first-order valence-electron chi connectivity index (χ1n) is 7.32. The van der Waals surface area contributed by atoms with Gasteiger partial charge < -0.3 is 9.47 Å². The fraction of sp³-hybridized carbons (Fsp3) is 0.625. The van der Waals surface area contributed by atoms with Crippen LogP contribution in [0.1, 0.15) is 44.9 Å². The summed E-state index contributed by atoms with van der Waals surface area (Å²) in [6.07, 6.45) is 9.10. The van der Waals surface area contributed by atoms with Crippen molar-refractivity contribution in [1.29, 1.82) is 0 Å². The van der Waals surface area contributed by atoms with Crippen LogP contribution >= 0.6 is 11.6 Å². The van der Waals surface area contributed by atoms with E-state index < -0.39 is 0 Å². The zero-order valence-electron chi connectivity index (χ0n) is 11.2. The molecule has 3 heteroatoms. The standard InChI is InChI=1S/C16H21ClO2/c17-13-4-6-14(7-5-13)18-12-15-8-11-16(19-15)9-2-1-3-10-16/h4-7,15H,1-3,8-12H2. The highest BCUT2D eigenvalue weighted by molar-refractivity contribution is 6.30. The molecule has 1 aliphatic heterocycles. The van der Waals surface area contributed by atoms with Gasteiger partial charge in [0, 0.05) is 5.02 Å². The van der Waals surface area contributed by atoms with Crippen LogP contribution in [0.15, 0.2) is 24.3 Å². The minimum Gasteiger partial charge on any atom is -0.491 e. The van der Waals surface area contributed by atoms with Crippen molar-refractivity contribution in [2.24, 2.45) is 0 Å². The summed E-state index contributed by atoms with van der Waals surface area (Å²) in [6.45, 7) is 0.656. The van der Waals surface area contributed by atoms with Gasteiger partial charge in [0.15, 0.2) is 0 Å². The molecule has 0 radical (unpaired) electrons. The number of hydrogen-bond donors (Lipinski definition) is 0. The van der Waals surface area contributed by atoms with Gasteiger partial charge in [-0.25, -0.2) is 0 Å². The Kier molecular flexibility index (Phi) is 3.99. The third kappa shape index (κ3) is 3.24. The van der Waals surface area contributed by atoms with E-state index in [0.717, 1.165) is 17.2 Å². The van der Waals surface area contributed by atoms with Gasteiger partial charge in [0.25, 0.3) is 0 Å². The van der Waals surface area contributed by atoms with Gasteiger partial charge in [-0.3, -0.25) is 0 Å². The molecule has 1 aromatic carbocycles. The first kappa shape index (κ1) is 13.3. The lowest BCUT2D eigenvalue weighted by Crippen LogP contribution is -2.32. The van der Waals surface area contributed by atoms with Crippen molar-refractivity contribution in [2.75, 3.05) is 6.61 Å². The summed E-state index contributed by atoms with van der Waals surface area (Å²) in [5.74, 6) is 0.873. The second-order valence-corrected chi connectivity index (χ2v) is 6.22. The highest BCUT2D eigenvalue weighted by Gasteiger charge is 2.40. The van der Waals surface area contributed by atoms with E-state index in [1.165, 1.54) is 38.5 Å². The Bertz CT molecular complexity index is 409. The van der Waals surface area contributed by atoms with Crippen molar-refractivity contribution in [3.05, 3.63) is 29.3 Å². The van der Waals surface area contributed by atoms with Gasteiger partial charge >= 0.3 is 0 Å². The molecule has 1 aromatic rings. The van der Waals surface area contributed by atoms with Crippen molar-refractivity contribution in [3.8, 4) is 5.75 Å². The topological polar surface area (TPSA) is 18.5 Å². The van der Waals surface area contributed by atoms with E-state index in [0.29, 0.717) is 6.61 Å². The summed E-state index contributed by atoms with van der Waals surface area (Å²) in [5, 5.41) is 0.741. The molecule has 1 heterocycles. The molecule has 104 valence electrons. The molecule has 1 saturated heterocycles. The predicted molar refractivity (Wildman–Crippen MR) is 76.9 cm³/mol. The maximum atomic E-state index is 6.28. The molecule has 2 aliphatic rings. The van der Waals surface area contributed by atoms with Crippen molar-refractivity contribution in [1.82, 2.24) is 0 Å². The fourth-order valence-electron chi connectivity index (χ4n) is 3.30. The van der Waals surface area contributed by atoms with Gasteiger partial charge in [0.1, 0.15) is 12.4 Å². The summed E-state index contributed by atoms with van der Waals surface area (Å²) >= 11 is 5.86. The van der Waals surface area contributed by atoms with Crippen LogP contribution in [0.3, 0.4) is 0 Å². The van der Waals surface area contributed by atoms with E-state index in [4.69, 9.17) is 21.1 Å². The second-order valence-electron chi connectivity index (χ2n) is 5.79. The first-order chi connectivity index (χ1) is 9.26. The average molecular weight is 281 g/mol. The zero-order valence-corrected chi connectivity index (χ0v) is 12.0. The molecule has 1 unspecified atom stereocenters. The molecule has 2 fully saturated rings. The van der Waals surface area contributed by atoms with Crippen LogP contribution < -0.4 is 4.74 Å². The maximum absolute atomic E-state index is 6.28. The lowest BCUT2D eigenvalue weighted by molar-refractivity contribution is -0.0748. The van der Waals surface area contributed by atoms with Crippen LogP contribution in [-0.2, 0) is 4.74 Å². The predicted octanol–water partition coefficient (Wildman–Crippen LogP) is 4.60. The molecule has 1 saturated carbocycles. The lowest BCUT2D eigenvalue weighted by Gasteiger charge is -2.33. The second kappa shape index (κ2) is 5.72. The van der Waals surface area contributed by atoms with Gasteiger partial charge in [0.05, 0.1) is 11.7 Å². The molecule has 0 bridgehead atoms. The van der Waals surface area contributed by atoms with Crippen LogP contribution in [0.4, 0.5) is 0 Å². The Balaban J connectivity index is 1.50. The molecule has 2 nitrogen and oxygen atoms in total. The van der Waals surface area contributed by atoms with Crippen LogP contribution in [-0.4, -0.2) is 18.3 Å². The summed E-state index contributed by atoms with van der Waals surface area (Å²) in [5.41, 5.74) is 0.187. The molecule has 1 atom stereocenters. The van der Waals surface area contributed by atoms with Crippen molar-refractivity contribution in [3.63, 3.8) is 0 Å². The number of benzene rings is 1. The van der Waals surface area contributed by atoms with Crippen LogP contribution in [0.25, 0.3) is 0 Å². The fourth-order valence-corrected chi connectivity index (χ4v) is 3.42. The molecule has 19 heavy (non-hydrogen) atoms. The third-order valence-corrected chi connectivity index (χ3v) is 4.60. The summed E-state index contributed by atoms with van der Waals surface area (Å²) in [6, 6.07) is 7.53. The molecule has 3 rings (SSSR count). The molecule has 0 amide bonds.